The number of aliphatic hydroxyl groups excluding tert-OH is 2. The molecule has 1 aromatic rings. The summed E-state index contributed by atoms with van der Waals surface area (Å²) in [6.07, 6.45) is 3.03. The number of likely N-dealkylation sites (N-methyl/N-ethyl adjacent to an activating group) is 1. The number of rotatable bonds is 10. The Labute approximate surface area is 192 Å². The van der Waals surface area contributed by atoms with Gasteiger partial charge in [-0.05, 0) is 38.4 Å². The van der Waals surface area contributed by atoms with Crippen molar-refractivity contribution in [2.24, 2.45) is 5.92 Å². The Hall–Kier alpha value is -2.29. The van der Waals surface area contributed by atoms with Crippen molar-refractivity contribution in [1.82, 2.24) is 15.5 Å². The van der Waals surface area contributed by atoms with E-state index in [4.69, 9.17) is 0 Å². The summed E-state index contributed by atoms with van der Waals surface area (Å²) in [5.74, 6) is -1.04. The van der Waals surface area contributed by atoms with Gasteiger partial charge in [0.05, 0.1) is 0 Å². The van der Waals surface area contributed by atoms with Crippen LogP contribution in [0.25, 0.3) is 0 Å². The lowest BCUT2D eigenvalue weighted by Crippen LogP contribution is -2.50. The maximum absolute atomic E-state index is 12.1. The van der Waals surface area contributed by atoms with Gasteiger partial charge in [-0.2, -0.15) is 0 Å². The average Bonchev–Trinajstić information content (AvgIpc) is 3.36. The smallest absolute Gasteiger partial charge is 0.254 e. The van der Waals surface area contributed by atoms with Crippen LogP contribution in [0.15, 0.2) is 30.3 Å². The molecule has 0 aliphatic heterocycles. The van der Waals surface area contributed by atoms with Crippen molar-refractivity contribution in [2.75, 3.05) is 27.2 Å². The molecule has 1 saturated carbocycles. The number of carbonyl (C=O) groups is 3. The van der Waals surface area contributed by atoms with Crippen LogP contribution in [0.5, 0.6) is 0 Å². The highest BCUT2D eigenvalue weighted by molar-refractivity contribution is 5.90. The van der Waals surface area contributed by atoms with Gasteiger partial charge in [-0.25, -0.2) is 0 Å². The molecule has 2 atom stereocenters. The molecule has 0 spiro atoms. The summed E-state index contributed by atoms with van der Waals surface area (Å²) in [4.78, 5) is 35.1. The minimum atomic E-state index is -1.78. The van der Waals surface area contributed by atoms with E-state index in [-0.39, 0.29) is 6.54 Å². The first kappa shape index (κ1) is 29.7. The number of amides is 2. The molecule has 0 aromatic heterocycles. The molecule has 1 aliphatic carbocycles. The minimum Gasteiger partial charge on any atom is -0.380 e. The van der Waals surface area contributed by atoms with Gasteiger partial charge in [-0.15, -0.1) is 0 Å². The van der Waals surface area contributed by atoms with Crippen LogP contribution < -0.4 is 10.6 Å². The minimum absolute atomic E-state index is 0.285. The van der Waals surface area contributed by atoms with E-state index in [1.54, 1.807) is 7.05 Å². The fourth-order valence-corrected chi connectivity index (χ4v) is 3.11. The van der Waals surface area contributed by atoms with Crippen molar-refractivity contribution < 1.29 is 24.6 Å². The first-order valence-corrected chi connectivity index (χ1v) is 11.4. The highest BCUT2D eigenvalue weighted by Crippen LogP contribution is 2.21. The van der Waals surface area contributed by atoms with Gasteiger partial charge in [0.15, 0.2) is 12.2 Å². The van der Waals surface area contributed by atoms with Gasteiger partial charge in [-0.1, -0.05) is 57.0 Å². The lowest BCUT2D eigenvalue weighted by molar-refractivity contribution is -0.152. The number of hydrogen-bond donors (Lipinski definition) is 4. The molecule has 1 fully saturated rings. The zero-order chi connectivity index (χ0) is 24.4. The Balaban J connectivity index is 0.000000889. The van der Waals surface area contributed by atoms with E-state index >= 15 is 0 Å². The van der Waals surface area contributed by atoms with Crippen molar-refractivity contribution in [3.8, 4) is 0 Å². The fourth-order valence-electron chi connectivity index (χ4n) is 3.11. The van der Waals surface area contributed by atoms with E-state index in [0.29, 0.717) is 18.9 Å². The fraction of sp³-hybridized carbons (Fsp3) is 0.625. The van der Waals surface area contributed by atoms with Gasteiger partial charge in [0.25, 0.3) is 11.8 Å². The second-order valence-corrected chi connectivity index (χ2v) is 7.50. The Bertz CT molecular complexity index is 636. The molecule has 8 nitrogen and oxygen atoms in total. The maximum atomic E-state index is 12.1. The highest BCUT2D eigenvalue weighted by Gasteiger charge is 2.32. The number of aliphatic hydroxyl groups is 2. The summed E-state index contributed by atoms with van der Waals surface area (Å²) in [5.41, 5.74) is 0.890. The molecule has 2 amide bonds. The molecule has 0 radical (unpaired) electrons. The number of carbonyl (C=O) groups excluding carboxylic acids is 3. The van der Waals surface area contributed by atoms with Gasteiger partial charge in [0, 0.05) is 26.1 Å². The third kappa shape index (κ3) is 11.9. The molecule has 0 bridgehead atoms. The van der Waals surface area contributed by atoms with E-state index in [1.165, 1.54) is 24.8 Å². The first-order chi connectivity index (χ1) is 15.4. The summed E-state index contributed by atoms with van der Waals surface area (Å²) in [6, 6.07) is 9.25. The van der Waals surface area contributed by atoms with Gasteiger partial charge < -0.3 is 30.5 Å². The van der Waals surface area contributed by atoms with Crippen LogP contribution in [0.2, 0.25) is 0 Å². The SMILES string of the molecule is CC.CNCCCNC(=O)C(O)C(O)C(=O)N(C)Cc1ccccc1.O=CC1CCCC1. The van der Waals surface area contributed by atoms with E-state index in [0.717, 1.165) is 31.2 Å². The third-order valence-electron chi connectivity index (χ3n) is 4.95. The van der Waals surface area contributed by atoms with E-state index in [1.807, 2.05) is 44.2 Å². The standard InChI is InChI=1S/C16H25N3O4.C6H10O.C2H6/c1-17-9-6-10-18-15(22)13(20)14(21)16(23)19(2)11-12-7-4-3-5-8-12;7-5-6-3-1-2-4-6;1-2/h3-5,7-8,13-14,17,20-21H,6,9-11H2,1-2H3,(H,18,22);5-6H,1-4H2;1-2H3. The molecular weight excluding hydrogens is 410 g/mol. The number of hydrogen-bond acceptors (Lipinski definition) is 6. The first-order valence-electron chi connectivity index (χ1n) is 11.4. The van der Waals surface area contributed by atoms with E-state index < -0.39 is 24.0 Å². The summed E-state index contributed by atoms with van der Waals surface area (Å²) in [5, 5.41) is 25.1. The van der Waals surface area contributed by atoms with Gasteiger partial charge in [-0.3, -0.25) is 9.59 Å². The highest BCUT2D eigenvalue weighted by atomic mass is 16.3. The summed E-state index contributed by atoms with van der Waals surface area (Å²) < 4.78 is 0. The van der Waals surface area contributed by atoms with Crippen LogP contribution in [0.4, 0.5) is 0 Å². The largest absolute Gasteiger partial charge is 0.380 e. The lowest BCUT2D eigenvalue weighted by atomic mass is 10.1. The molecule has 1 aliphatic rings. The van der Waals surface area contributed by atoms with Crippen molar-refractivity contribution in [3.63, 3.8) is 0 Å². The van der Waals surface area contributed by atoms with Crippen LogP contribution in [0.3, 0.4) is 0 Å². The Morgan fingerprint density at radius 2 is 1.69 bits per heavy atom. The van der Waals surface area contributed by atoms with Crippen LogP contribution in [-0.2, 0) is 20.9 Å². The number of aldehydes is 1. The molecule has 2 unspecified atom stereocenters. The molecule has 8 heteroatoms. The van der Waals surface area contributed by atoms with Crippen molar-refractivity contribution >= 4 is 18.1 Å². The quantitative estimate of drug-likeness (QED) is 0.316. The van der Waals surface area contributed by atoms with Gasteiger partial charge in [0.2, 0.25) is 0 Å². The normalized spacial score (nSPS) is 14.7. The molecule has 4 N–H and O–H groups in total. The Morgan fingerprint density at radius 3 is 2.19 bits per heavy atom. The van der Waals surface area contributed by atoms with Gasteiger partial charge in [0.1, 0.15) is 6.29 Å². The molecule has 2 rings (SSSR count). The second-order valence-electron chi connectivity index (χ2n) is 7.50. The predicted octanol–water partition coefficient (Wildman–Crippen LogP) is 1.49. The summed E-state index contributed by atoms with van der Waals surface area (Å²) >= 11 is 0. The topological polar surface area (TPSA) is 119 Å². The zero-order valence-corrected chi connectivity index (χ0v) is 19.9. The Kier molecular flexibility index (Phi) is 17.0. The van der Waals surface area contributed by atoms with E-state index in [9.17, 15) is 24.6 Å². The van der Waals surface area contributed by atoms with Crippen LogP contribution in [0, 0.1) is 5.92 Å². The average molecular weight is 452 g/mol. The molecule has 0 saturated heterocycles. The van der Waals surface area contributed by atoms with Crippen molar-refractivity contribution in [2.45, 2.75) is 64.7 Å². The van der Waals surface area contributed by atoms with Crippen LogP contribution in [0.1, 0.15) is 51.5 Å². The Morgan fingerprint density at radius 1 is 1.09 bits per heavy atom. The second kappa shape index (κ2) is 18.3. The molecule has 1 aromatic carbocycles. The number of nitrogens with zero attached hydrogens (tertiary/aromatic N) is 1. The van der Waals surface area contributed by atoms with Crippen LogP contribution in [-0.4, -0.2) is 72.6 Å². The predicted molar refractivity (Wildman–Crippen MR) is 126 cm³/mol. The van der Waals surface area contributed by atoms with Crippen molar-refractivity contribution in [1.29, 1.82) is 0 Å². The van der Waals surface area contributed by atoms with E-state index in [2.05, 4.69) is 10.6 Å². The van der Waals surface area contributed by atoms with Gasteiger partial charge >= 0.3 is 0 Å². The summed E-state index contributed by atoms with van der Waals surface area (Å²) in [6.45, 7) is 5.36. The maximum Gasteiger partial charge on any atom is 0.254 e. The number of nitrogens with one attached hydrogen (secondary N) is 2. The van der Waals surface area contributed by atoms with Crippen molar-refractivity contribution in [3.05, 3.63) is 35.9 Å². The molecule has 182 valence electrons. The van der Waals surface area contributed by atoms with Crippen LogP contribution >= 0.6 is 0 Å². The third-order valence-corrected chi connectivity index (χ3v) is 4.95. The monoisotopic (exact) mass is 451 g/mol. The molecule has 32 heavy (non-hydrogen) atoms. The zero-order valence-electron chi connectivity index (χ0n) is 19.9. The lowest BCUT2D eigenvalue weighted by Gasteiger charge is -2.23. The number of benzene rings is 1. The molecule has 0 heterocycles. The summed E-state index contributed by atoms with van der Waals surface area (Å²) in [7, 11) is 3.30. The molecular formula is C24H41N3O5.